The molecule has 0 saturated carbocycles. The van der Waals surface area contributed by atoms with Crippen LogP contribution in [-0.2, 0) is 24.1 Å². The Kier molecular flexibility index (Phi) is 3.43. The summed E-state index contributed by atoms with van der Waals surface area (Å²) in [4.78, 5) is 12.5. The molecule has 1 heteroatoms. The second kappa shape index (κ2) is 5.24. The first-order valence-corrected chi connectivity index (χ1v) is 7.29. The van der Waals surface area contributed by atoms with Gasteiger partial charge in [-0.3, -0.25) is 4.79 Å². The largest absolute Gasteiger partial charge is 0.299 e. The predicted octanol–water partition coefficient (Wildman–Crippen LogP) is 3.83. The van der Waals surface area contributed by atoms with Gasteiger partial charge in [0.15, 0.2) is 0 Å². The van der Waals surface area contributed by atoms with Gasteiger partial charge in [-0.25, -0.2) is 0 Å². The lowest BCUT2D eigenvalue weighted by molar-refractivity contribution is -0.121. The van der Waals surface area contributed by atoms with E-state index in [-0.39, 0.29) is 5.92 Å². The molecular formula is C19H20O. The molecule has 3 rings (SSSR count). The zero-order valence-electron chi connectivity index (χ0n) is 12.1. The number of ketones is 1. The highest BCUT2D eigenvalue weighted by atomic mass is 16.1. The van der Waals surface area contributed by atoms with Gasteiger partial charge in [0, 0.05) is 12.3 Å². The molecule has 0 unspecified atom stereocenters. The first-order valence-electron chi connectivity index (χ1n) is 7.29. The zero-order chi connectivity index (χ0) is 14.1. The number of rotatable bonds is 3. The standard InChI is InChI=1S/C19H20O/c1-13-7-8-15(9-14(13)2)10-19(20)18-11-16-5-3-4-6-17(16)12-18/h3-9,18H,10-12H2,1-2H3. The molecule has 0 aromatic heterocycles. The number of hydrogen-bond donors (Lipinski definition) is 0. The van der Waals surface area contributed by atoms with E-state index in [9.17, 15) is 4.79 Å². The Balaban J connectivity index is 1.71. The van der Waals surface area contributed by atoms with Gasteiger partial charge < -0.3 is 0 Å². The van der Waals surface area contributed by atoms with Crippen molar-refractivity contribution >= 4 is 5.78 Å². The van der Waals surface area contributed by atoms with Crippen molar-refractivity contribution in [1.29, 1.82) is 0 Å². The van der Waals surface area contributed by atoms with Gasteiger partial charge >= 0.3 is 0 Å². The van der Waals surface area contributed by atoms with E-state index in [0.717, 1.165) is 18.4 Å². The minimum absolute atomic E-state index is 0.175. The van der Waals surface area contributed by atoms with E-state index in [2.05, 4.69) is 56.3 Å². The summed E-state index contributed by atoms with van der Waals surface area (Å²) in [6.07, 6.45) is 2.40. The van der Waals surface area contributed by atoms with E-state index >= 15 is 0 Å². The molecular weight excluding hydrogens is 244 g/mol. The Bertz CT molecular complexity index is 630. The summed E-state index contributed by atoms with van der Waals surface area (Å²) >= 11 is 0. The van der Waals surface area contributed by atoms with Gasteiger partial charge in [0.05, 0.1) is 0 Å². The number of benzene rings is 2. The van der Waals surface area contributed by atoms with Crippen molar-refractivity contribution in [2.45, 2.75) is 33.1 Å². The summed E-state index contributed by atoms with van der Waals surface area (Å²) in [5, 5.41) is 0. The van der Waals surface area contributed by atoms with Crippen LogP contribution in [-0.4, -0.2) is 5.78 Å². The van der Waals surface area contributed by atoms with Gasteiger partial charge in [-0.2, -0.15) is 0 Å². The first kappa shape index (κ1) is 13.1. The summed E-state index contributed by atoms with van der Waals surface area (Å²) in [5.41, 5.74) is 6.41. The van der Waals surface area contributed by atoms with E-state index in [1.54, 1.807) is 0 Å². The van der Waals surface area contributed by atoms with Crippen molar-refractivity contribution in [2.24, 2.45) is 5.92 Å². The third-order valence-corrected chi connectivity index (χ3v) is 4.46. The van der Waals surface area contributed by atoms with Crippen LogP contribution in [0.1, 0.15) is 27.8 Å². The Hall–Kier alpha value is -1.89. The highest BCUT2D eigenvalue weighted by molar-refractivity contribution is 5.84. The maximum absolute atomic E-state index is 12.5. The number of fused-ring (bicyclic) bond motifs is 1. The molecule has 0 heterocycles. The summed E-state index contributed by atoms with van der Waals surface area (Å²) in [5.74, 6) is 0.554. The van der Waals surface area contributed by atoms with Gasteiger partial charge in [0.25, 0.3) is 0 Å². The van der Waals surface area contributed by atoms with Crippen LogP contribution in [0, 0.1) is 19.8 Å². The van der Waals surface area contributed by atoms with Gasteiger partial charge in [0.2, 0.25) is 0 Å². The van der Waals surface area contributed by atoms with Gasteiger partial charge in [-0.15, -0.1) is 0 Å². The first-order chi connectivity index (χ1) is 9.63. The molecule has 0 bridgehead atoms. The molecule has 0 spiro atoms. The molecule has 0 atom stereocenters. The van der Waals surface area contributed by atoms with Crippen LogP contribution in [0.25, 0.3) is 0 Å². The predicted molar refractivity (Wildman–Crippen MR) is 82.0 cm³/mol. The molecule has 20 heavy (non-hydrogen) atoms. The second-order valence-electron chi connectivity index (χ2n) is 5.94. The Morgan fingerprint density at radius 2 is 1.65 bits per heavy atom. The lowest BCUT2D eigenvalue weighted by atomic mass is 9.94. The second-order valence-corrected chi connectivity index (χ2v) is 5.94. The normalized spacial score (nSPS) is 14.3. The highest BCUT2D eigenvalue weighted by Crippen LogP contribution is 2.28. The van der Waals surface area contributed by atoms with E-state index < -0.39 is 0 Å². The maximum atomic E-state index is 12.5. The third kappa shape index (κ3) is 2.53. The van der Waals surface area contributed by atoms with Crippen LogP contribution in [0.4, 0.5) is 0 Å². The zero-order valence-corrected chi connectivity index (χ0v) is 12.1. The molecule has 1 aliphatic rings. The number of carbonyl (C=O) groups excluding carboxylic acids is 1. The number of Topliss-reactive ketones (excluding diaryl/α,β-unsaturated/α-hetero) is 1. The average molecular weight is 264 g/mol. The van der Waals surface area contributed by atoms with Crippen molar-refractivity contribution in [2.75, 3.05) is 0 Å². The Morgan fingerprint density at radius 1 is 1.00 bits per heavy atom. The minimum Gasteiger partial charge on any atom is -0.299 e. The number of hydrogen-bond acceptors (Lipinski definition) is 1. The van der Waals surface area contributed by atoms with Crippen LogP contribution < -0.4 is 0 Å². The summed E-state index contributed by atoms with van der Waals surface area (Å²) in [6, 6.07) is 14.8. The summed E-state index contributed by atoms with van der Waals surface area (Å²) < 4.78 is 0. The van der Waals surface area contributed by atoms with E-state index in [1.165, 1.54) is 22.3 Å². The molecule has 1 nitrogen and oxygen atoms in total. The molecule has 1 aliphatic carbocycles. The lowest BCUT2D eigenvalue weighted by Gasteiger charge is -2.09. The maximum Gasteiger partial charge on any atom is 0.140 e. The lowest BCUT2D eigenvalue weighted by Crippen LogP contribution is -2.17. The van der Waals surface area contributed by atoms with Crippen molar-refractivity contribution in [3.8, 4) is 0 Å². The van der Waals surface area contributed by atoms with Crippen LogP contribution in [0.3, 0.4) is 0 Å². The molecule has 0 radical (unpaired) electrons. The van der Waals surface area contributed by atoms with E-state index in [4.69, 9.17) is 0 Å². The van der Waals surface area contributed by atoms with Crippen molar-refractivity contribution < 1.29 is 4.79 Å². The monoisotopic (exact) mass is 264 g/mol. The summed E-state index contributed by atoms with van der Waals surface area (Å²) in [6.45, 7) is 4.21. The van der Waals surface area contributed by atoms with Crippen LogP contribution in [0.2, 0.25) is 0 Å². The van der Waals surface area contributed by atoms with E-state index in [0.29, 0.717) is 12.2 Å². The Labute approximate surface area is 120 Å². The quantitative estimate of drug-likeness (QED) is 0.823. The van der Waals surface area contributed by atoms with Crippen LogP contribution >= 0.6 is 0 Å². The molecule has 2 aromatic rings. The van der Waals surface area contributed by atoms with Gasteiger partial charge in [-0.1, -0.05) is 42.5 Å². The Morgan fingerprint density at radius 3 is 2.25 bits per heavy atom. The molecule has 0 aliphatic heterocycles. The minimum atomic E-state index is 0.175. The van der Waals surface area contributed by atoms with Crippen molar-refractivity contribution in [3.63, 3.8) is 0 Å². The number of carbonyl (C=O) groups is 1. The van der Waals surface area contributed by atoms with Crippen LogP contribution in [0.15, 0.2) is 42.5 Å². The molecule has 0 amide bonds. The molecule has 0 fully saturated rings. The average Bonchev–Trinajstić information content (AvgIpc) is 2.87. The fourth-order valence-electron chi connectivity index (χ4n) is 3.05. The molecule has 2 aromatic carbocycles. The van der Waals surface area contributed by atoms with Crippen molar-refractivity contribution in [1.82, 2.24) is 0 Å². The fraction of sp³-hybridized carbons (Fsp3) is 0.316. The number of aryl methyl sites for hydroxylation is 2. The van der Waals surface area contributed by atoms with Crippen LogP contribution in [0.5, 0.6) is 0 Å². The molecule has 0 N–H and O–H groups in total. The van der Waals surface area contributed by atoms with Gasteiger partial charge in [0.1, 0.15) is 5.78 Å². The highest BCUT2D eigenvalue weighted by Gasteiger charge is 2.26. The SMILES string of the molecule is Cc1ccc(CC(=O)C2Cc3ccccc3C2)cc1C. The van der Waals surface area contributed by atoms with Gasteiger partial charge in [-0.05, 0) is 54.5 Å². The molecule has 0 saturated heterocycles. The van der Waals surface area contributed by atoms with E-state index in [1.807, 2.05) is 0 Å². The molecule has 102 valence electrons. The smallest absolute Gasteiger partial charge is 0.140 e. The fourth-order valence-corrected chi connectivity index (χ4v) is 3.05. The van der Waals surface area contributed by atoms with Crippen molar-refractivity contribution in [3.05, 3.63) is 70.3 Å². The summed E-state index contributed by atoms with van der Waals surface area (Å²) in [7, 11) is 0. The topological polar surface area (TPSA) is 17.1 Å². The third-order valence-electron chi connectivity index (χ3n) is 4.46.